The van der Waals surface area contributed by atoms with Crippen LogP contribution in [-0.4, -0.2) is 25.0 Å². The highest BCUT2D eigenvalue weighted by Crippen LogP contribution is 2.31. The van der Waals surface area contributed by atoms with E-state index in [0.29, 0.717) is 11.4 Å². The van der Waals surface area contributed by atoms with Gasteiger partial charge in [0, 0.05) is 16.6 Å². The first-order valence-corrected chi connectivity index (χ1v) is 12.3. The van der Waals surface area contributed by atoms with E-state index in [1.54, 1.807) is 23.3 Å². The van der Waals surface area contributed by atoms with Crippen LogP contribution in [0.3, 0.4) is 0 Å². The third-order valence-corrected chi connectivity index (χ3v) is 7.00. The van der Waals surface area contributed by atoms with Crippen LogP contribution in [0.25, 0.3) is 0 Å². The molecule has 172 valence electrons. The first-order chi connectivity index (χ1) is 16.0. The van der Waals surface area contributed by atoms with Gasteiger partial charge in [0.05, 0.1) is 13.5 Å². The molecular weight excluding hydrogens is 432 g/mol. The molecule has 1 aliphatic rings. The summed E-state index contributed by atoms with van der Waals surface area (Å²) < 4.78 is 5.31. The van der Waals surface area contributed by atoms with Gasteiger partial charge in [0.15, 0.2) is 0 Å². The molecule has 3 aromatic rings. The number of hydrogen-bond donors (Lipinski definition) is 1. The summed E-state index contributed by atoms with van der Waals surface area (Å²) in [5, 5.41) is 5.18. The van der Waals surface area contributed by atoms with Crippen molar-refractivity contribution in [2.24, 2.45) is 0 Å². The van der Waals surface area contributed by atoms with E-state index in [-0.39, 0.29) is 24.3 Å². The maximum absolute atomic E-state index is 13.7. The van der Waals surface area contributed by atoms with Crippen molar-refractivity contribution in [2.75, 3.05) is 12.0 Å². The molecule has 0 spiro atoms. The van der Waals surface area contributed by atoms with E-state index in [1.807, 2.05) is 73.0 Å². The lowest BCUT2D eigenvalue weighted by Crippen LogP contribution is -2.46. The lowest BCUT2D eigenvalue weighted by Gasteiger charge is -2.32. The Bertz CT molecular complexity index is 1060. The minimum Gasteiger partial charge on any atom is -0.497 e. The Morgan fingerprint density at radius 3 is 2.36 bits per heavy atom. The number of benzene rings is 2. The molecule has 1 saturated carbocycles. The van der Waals surface area contributed by atoms with Gasteiger partial charge in [0.25, 0.3) is 0 Å². The van der Waals surface area contributed by atoms with Gasteiger partial charge in [-0.25, -0.2) is 0 Å². The second kappa shape index (κ2) is 10.7. The van der Waals surface area contributed by atoms with Gasteiger partial charge in [-0.3, -0.25) is 14.5 Å². The number of carbonyl (C=O) groups excluding carboxylic acids is 2. The summed E-state index contributed by atoms with van der Waals surface area (Å²) in [4.78, 5) is 30.0. The van der Waals surface area contributed by atoms with Crippen molar-refractivity contribution in [2.45, 2.75) is 51.1 Å². The van der Waals surface area contributed by atoms with Gasteiger partial charge in [0.2, 0.25) is 11.8 Å². The van der Waals surface area contributed by atoms with Crippen LogP contribution in [0.15, 0.2) is 66.0 Å². The number of hydrogen-bond acceptors (Lipinski definition) is 4. The standard InChI is InChI=1S/C27H30N2O3S/c1-19-9-13-22(14-10-19)29(25(30)18-24-8-5-17-33-24)26(20-11-15-23(32-2)16-12-20)27(31)28-21-6-3-4-7-21/h5,8-17,21,26H,3-4,6-7,18H2,1-2H3,(H,28,31). The molecule has 6 heteroatoms. The van der Waals surface area contributed by atoms with Crippen molar-refractivity contribution in [3.63, 3.8) is 0 Å². The van der Waals surface area contributed by atoms with Crippen LogP contribution in [0.4, 0.5) is 5.69 Å². The molecule has 2 amide bonds. The van der Waals surface area contributed by atoms with E-state index in [4.69, 9.17) is 4.74 Å². The van der Waals surface area contributed by atoms with Gasteiger partial charge in [-0.05, 0) is 61.0 Å². The zero-order valence-electron chi connectivity index (χ0n) is 19.1. The number of aryl methyl sites for hydroxylation is 1. The molecule has 1 N–H and O–H groups in total. The van der Waals surface area contributed by atoms with Crippen LogP contribution in [0.2, 0.25) is 0 Å². The summed E-state index contributed by atoms with van der Waals surface area (Å²) in [5.74, 6) is 0.455. The Morgan fingerprint density at radius 2 is 1.76 bits per heavy atom. The van der Waals surface area contributed by atoms with E-state index >= 15 is 0 Å². The minimum atomic E-state index is -0.772. The fourth-order valence-corrected chi connectivity index (χ4v) is 5.04. The topological polar surface area (TPSA) is 58.6 Å². The van der Waals surface area contributed by atoms with Crippen LogP contribution in [0.5, 0.6) is 5.75 Å². The molecule has 33 heavy (non-hydrogen) atoms. The van der Waals surface area contributed by atoms with Crippen molar-refractivity contribution in [1.82, 2.24) is 5.32 Å². The largest absolute Gasteiger partial charge is 0.497 e. The Balaban J connectivity index is 1.75. The maximum Gasteiger partial charge on any atom is 0.248 e. The molecule has 0 bridgehead atoms. The summed E-state index contributed by atoms with van der Waals surface area (Å²) in [6, 6.07) is 18.5. The third-order valence-electron chi connectivity index (χ3n) is 6.13. The molecule has 2 aromatic carbocycles. The average molecular weight is 463 g/mol. The normalized spacial score (nSPS) is 14.6. The highest BCUT2D eigenvalue weighted by molar-refractivity contribution is 7.10. The zero-order chi connectivity index (χ0) is 23.2. The summed E-state index contributed by atoms with van der Waals surface area (Å²) in [7, 11) is 1.61. The number of thiophene rings is 1. The first kappa shape index (κ1) is 23.1. The van der Waals surface area contributed by atoms with Gasteiger partial charge in [-0.15, -0.1) is 11.3 Å². The lowest BCUT2D eigenvalue weighted by atomic mass is 10.0. The molecule has 1 fully saturated rings. The predicted molar refractivity (Wildman–Crippen MR) is 133 cm³/mol. The fraction of sp³-hybridized carbons (Fsp3) is 0.333. The number of rotatable bonds is 8. The number of nitrogens with one attached hydrogen (secondary N) is 1. The molecule has 0 saturated heterocycles. The highest BCUT2D eigenvalue weighted by Gasteiger charge is 2.34. The number of carbonyl (C=O) groups is 2. The van der Waals surface area contributed by atoms with Crippen LogP contribution < -0.4 is 15.0 Å². The molecule has 1 aromatic heterocycles. The van der Waals surface area contributed by atoms with Crippen molar-refractivity contribution < 1.29 is 14.3 Å². The van der Waals surface area contributed by atoms with Crippen molar-refractivity contribution in [3.05, 3.63) is 82.0 Å². The number of amides is 2. The van der Waals surface area contributed by atoms with Crippen molar-refractivity contribution in [1.29, 1.82) is 0 Å². The SMILES string of the molecule is COc1ccc(C(C(=O)NC2CCCC2)N(C(=O)Cc2cccs2)c2ccc(C)cc2)cc1. The first-order valence-electron chi connectivity index (χ1n) is 11.4. The molecule has 1 aliphatic carbocycles. The Hall–Kier alpha value is -3.12. The van der Waals surface area contributed by atoms with Crippen molar-refractivity contribution >= 4 is 28.8 Å². The summed E-state index contributed by atoms with van der Waals surface area (Å²) in [6.07, 6.45) is 4.45. The maximum atomic E-state index is 13.7. The second-order valence-corrected chi connectivity index (χ2v) is 9.55. The molecule has 1 heterocycles. The Morgan fingerprint density at radius 1 is 1.06 bits per heavy atom. The Kier molecular flexibility index (Phi) is 7.45. The van der Waals surface area contributed by atoms with E-state index in [2.05, 4.69) is 5.32 Å². The van der Waals surface area contributed by atoms with Gasteiger partial charge >= 0.3 is 0 Å². The number of ether oxygens (including phenoxy) is 1. The lowest BCUT2D eigenvalue weighted by molar-refractivity contribution is -0.127. The smallest absolute Gasteiger partial charge is 0.248 e. The van der Waals surface area contributed by atoms with E-state index < -0.39 is 6.04 Å². The number of anilines is 1. The predicted octanol–water partition coefficient (Wildman–Crippen LogP) is 5.44. The van der Waals surface area contributed by atoms with Gasteiger partial charge in [-0.1, -0.05) is 48.7 Å². The fourth-order valence-electron chi connectivity index (χ4n) is 4.34. The molecule has 1 atom stereocenters. The van der Waals surface area contributed by atoms with Crippen LogP contribution in [0.1, 0.15) is 47.7 Å². The summed E-state index contributed by atoms with van der Waals surface area (Å²) in [5.41, 5.74) is 2.57. The van der Waals surface area contributed by atoms with Gasteiger partial charge < -0.3 is 10.1 Å². The number of methoxy groups -OCH3 is 1. The van der Waals surface area contributed by atoms with Crippen molar-refractivity contribution in [3.8, 4) is 5.75 Å². The molecule has 1 unspecified atom stereocenters. The summed E-state index contributed by atoms with van der Waals surface area (Å²) >= 11 is 1.55. The monoisotopic (exact) mass is 462 g/mol. The van der Waals surface area contributed by atoms with Crippen LogP contribution in [0, 0.1) is 6.92 Å². The molecule has 0 radical (unpaired) electrons. The van der Waals surface area contributed by atoms with E-state index in [0.717, 1.165) is 41.7 Å². The highest BCUT2D eigenvalue weighted by atomic mass is 32.1. The van der Waals surface area contributed by atoms with Gasteiger partial charge in [-0.2, -0.15) is 0 Å². The molecule has 0 aliphatic heterocycles. The quantitative estimate of drug-likeness (QED) is 0.485. The average Bonchev–Trinajstić information content (AvgIpc) is 3.53. The zero-order valence-corrected chi connectivity index (χ0v) is 19.9. The van der Waals surface area contributed by atoms with E-state index in [9.17, 15) is 9.59 Å². The van der Waals surface area contributed by atoms with E-state index in [1.165, 1.54) is 0 Å². The number of nitrogens with zero attached hydrogens (tertiary/aromatic N) is 1. The summed E-state index contributed by atoms with van der Waals surface area (Å²) in [6.45, 7) is 2.01. The molecular formula is C27H30N2O3S. The third kappa shape index (κ3) is 5.63. The van der Waals surface area contributed by atoms with Crippen LogP contribution in [-0.2, 0) is 16.0 Å². The van der Waals surface area contributed by atoms with Crippen LogP contribution >= 0.6 is 11.3 Å². The van der Waals surface area contributed by atoms with Gasteiger partial charge in [0.1, 0.15) is 11.8 Å². The molecule has 5 nitrogen and oxygen atoms in total. The molecule has 4 rings (SSSR count). The Labute approximate surface area is 199 Å². The minimum absolute atomic E-state index is 0.108. The second-order valence-electron chi connectivity index (χ2n) is 8.52.